The fourth-order valence-corrected chi connectivity index (χ4v) is 3.40. The van der Waals surface area contributed by atoms with Gasteiger partial charge in [-0.15, -0.1) is 0 Å². The summed E-state index contributed by atoms with van der Waals surface area (Å²) in [4.78, 5) is 30.6. The van der Waals surface area contributed by atoms with Gasteiger partial charge in [-0.2, -0.15) is 0 Å². The van der Waals surface area contributed by atoms with Gasteiger partial charge in [-0.3, -0.25) is 9.36 Å². The molecular formula is C19H16ClN3O4. The fraction of sp³-hybridized carbons (Fsp3) is 0.211. The Morgan fingerprint density at radius 1 is 1.11 bits per heavy atom. The van der Waals surface area contributed by atoms with Crippen LogP contribution in [0.5, 0.6) is 0 Å². The van der Waals surface area contributed by atoms with Crippen molar-refractivity contribution >= 4 is 34.3 Å². The number of aromatic carboxylic acids is 1. The second-order valence-electron chi connectivity index (χ2n) is 6.14. The smallest absolute Gasteiger partial charge is 0.341 e. The van der Waals surface area contributed by atoms with Crippen LogP contribution >= 0.6 is 11.6 Å². The van der Waals surface area contributed by atoms with Gasteiger partial charge < -0.3 is 14.7 Å². The summed E-state index contributed by atoms with van der Waals surface area (Å²) in [6, 6.07) is 10.6. The maximum atomic E-state index is 12.5. The average Bonchev–Trinajstić information content (AvgIpc) is 2.68. The molecule has 2 aromatic heterocycles. The highest BCUT2D eigenvalue weighted by Gasteiger charge is 2.20. The summed E-state index contributed by atoms with van der Waals surface area (Å²) in [6.45, 7) is 2.66. The van der Waals surface area contributed by atoms with E-state index in [-0.39, 0.29) is 16.1 Å². The third-order valence-corrected chi connectivity index (χ3v) is 4.75. The minimum atomic E-state index is -1.28. The highest BCUT2D eigenvalue weighted by Crippen LogP contribution is 2.28. The van der Waals surface area contributed by atoms with Crippen LogP contribution in [0, 0.1) is 0 Å². The molecule has 7 nitrogen and oxygen atoms in total. The zero-order valence-electron chi connectivity index (χ0n) is 14.3. The molecule has 1 saturated heterocycles. The molecule has 138 valence electrons. The van der Waals surface area contributed by atoms with E-state index in [4.69, 9.17) is 16.3 Å². The number of halogens is 1. The number of ether oxygens (including phenoxy) is 1. The van der Waals surface area contributed by atoms with Crippen molar-refractivity contribution in [3.8, 4) is 5.69 Å². The van der Waals surface area contributed by atoms with E-state index < -0.39 is 11.4 Å². The maximum absolute atomic E-state index is 12.5. The molecule has 3 heterocycles. The molecule has 4 rings (SSSR count). The number of morpholine rings is 1. The summed E-state index contributed by atoms with van der Waals surface area (Å²) < 4.78 is 7.04. The van der Waals surface area contributed by atoms with Crippen LogP contribution in [-0.4, -0.2) is 46.9 Å². The van der Waals surface area contributed by atoms with Gasteiger partial charge in [0, 0.05) is 19.3 Å². The molecule has 1 N–H and O–H groups in total. The molecule has 0 bridgehead atoms. The SMILES string of the molecule is O=C(O)c1cn(-c2ccccc2N2CCOCC2)c2nc(Cl)ccc2c1=O. The number of anilines is 1. The van der Waals surface area contributed by atoms with E-state index in [9.17, 15) is 14.7 Å². The standard InChI is InChI=1S/C19H16ClN3O4/c20-16-6-5-12-17(24)13(19(25)26)11-23(18(12)21-16)15-4-2-1-3-14(15)22-7-9-27-10-8-22/h1-6,11H,7-10H2,(H,25,26). The number of pyridine rings is 2. The monoisotopic (exact) mass is 385 g/mol. The molecule has 0 amide bonds. The molecule has 1 fully saturated rings. The Labute approximate surface area is 159 Å². The topological polar surface area (TPSA) is 84.7 Å². The van der Waals surface area contributed by atoms with E-state index in [1.165, 1.54) is 18.3 Å². The molecule has 1 aliphatic rings. The lowest BCUT2D eigenvalue weighted by Gasteiger charge is -2.31. The summed E-state index contributed by atoms with van der Waals surface area (Å²) in [5.74, 6) is -1.28. The minimum Gasteiger partial charge on any atom is -0.477 e. The Kier molecular flexibility index (Phi) is 4.55. The van der Waals surface area contributed by atoms with Gasteiger partial charge in [0.2, 0.25) is 5.43 Å². The fourth-order valence-electron chi connectivity index (χ4n) is 3.26. The molecule has 0 aliphatic carbocycles. The Hall–Kier alpha value is -2.90. The zero-order valence-corrected chi connectivity index (χ0v) is 15.0. The van der Waals surface area contributed by atoms with Gasteiger partial charge in [0.1, 0.15) is 16.4 Å². The number of benzene rings is 1. The molecule has 0 radical (unpaired) electrons. The van der Waals surface area contributed by atoms with Crippen LogP contribution in [0.15, 0.2) is 47.4 Å². The lowest BCUT2D eigenvalue weighted by molar-refractivity contribution is 0.0695. The number of carboxylic acid groups (broad SMARTS) is 1. The maximum Gasteiger partial charge on any atom is 0.341 e. The highest BCUT2D eigenvalue weighted by molar-refractivity contribution is 6.29. The highest BCUT2D eigenvalue weighted by atomic mass is 35.5. The van der Waals surface area contributed by atoms with Crippen LogP contribution in [0.2, 0.25) is 5.15 Å². The van der Waals surface area contributed by atoms with Crippen LogP contribution in [0.25, 0.3) is 16.7 Å². The van der Waals surface area contributed by atoms with Crippen LogP contribution in [0.4, 0.5) is 5.69 Å². The summed E-state index contributed by atoms with van der Waals surface area (Å²) in [5.41, 5.74) is 1.05. The predicted molar refractivity (Wildman–Crippen MR) is 102 cm³/mol. The number of carboxylic acids is 1. The number of fused-ring (bicyclic) bond motifs is 1. The van der Waals surface area contributed by atoms with E-state index in [1.54, 1.807) is 4.57 Å². The second kappa shape index (κ2) is 7.02. The number of nitrogens with zero attached hydrogens (tertiary/aromatic N) is 3. The number of para-hydroxylation sites is 2. The molecule has 1 aromatic carbocycles. The van der Waals surface area contributed by atoms with E-state index >= 15 is 0 Å². The van der Waals surface area contributed by atoms with Gasteiger partial charge in [-0.1, -0.05) is 23.7 Å². The number of aromatic nitrogens is 2. The Balaban J connectivity index is 2.02. The Bertz CT molecular complexity index is 1090. The third kappa shape index (κ3) is 3.15. The molecule has 0 atom stereocenters. The summed E-state index contributed by atoms with van der Waals surface area (Å²) in [7, 11) is 0. The first-order valence-corrected chi connectivity index (χ1v) is 8.81. The van der Waals surface area contributed by atoms with E-state index in [1.807, 2.05) is 24.3 Å². The largest absolute Gasteiger partial charge is 0.477 e. The number of carbonyl (C=O) groups is 1. The molecular weight excluding hydrogens is 370 g/mol. The quantitative estimate of drug-likeness (QED) is 0.697. The van der Waals surface area contributed by atoms with Crippen LogP contribution < -0.4 is 10.3 Å². The Morgan fingerprint density at radius 3 is 2.52 bits per heavy atom. The van der Waals surface area contributed by atoms with Crippen LogP contribution in [0.1, 0.15) is 10.4 Å². The van der Waals surface area contributed by atoms with E-state index in [0.717, 1.165) is 24.5 Å². The normalized spacial score (nSPS) is 14.5. The molecule has 3 aromatic rings. The molecule has 8 heteroatoms. The van der Waals surface area contributed by atoms with Crippen molar-refractivity contribution in [1.29, 1.82) is 0 Å². The summed E-state index contributed by atoms with van der Waals surface area (Å²) >= 11 is 6.05. The van der Waals surface area contributed by atoms with Crippen LogP contribution in [-0.2, 0) is 4.74 Å². The van der Waals surface area contributed by atoms with Crippen molar-refractivity contribution in [2.75, 3.05) is 31.2 Å². The summed E-state index contributed by atoms with van der Waals surface area (Å²) in [5, 5.41) is 9.91. The first-order valence-electron chi connectivity index (χ1n) is 8.43. The van der Waals surface area contributed by atoms with Gasteiger partial charge in [0.25, 0.3) is 0 Å². The van der Waals surface area contributed by atoms with Gasteiger partial charge in [0.15, 0.2) is 0 Å². The van der Waals surface area contributed by atoms with Gasteiger partial charge >= 0.3 is 5.97 Å². The lowest BCUT2D eigenvalue weighted by atomic mass is 10.1. The number of hydrogen-bond acceptors (Lipinski definition) is 5. The third-order valence-electron chi connectivity index (χ3n) is 4.54. The first kappa shape index (κ1) is 17.5. The molecule has 0 saturated carbocycles. The van der Waals surface area contributed by atoms with E-state index in [2.05, 4.69) is 9.88 Å². The van der Waals surface area contributed by atoms with Crippen LogP contribution in [0.3, 0.4) is 0 Å². The van der Waals surface area contributed by atoms with Gasteiger partial charge in [-0.25, -0.2) is 9.78 Å². The Morgan fingerprint density at radius 2 is 1.81 bits per heavy atom. The van der Waals surface area contributed by atoms with Crippen molar-refractivity contribution < 1.29 is 14.6 Å². The first-order chi connectivity index (χ1) is 13.1. The molecule has 0 unspecified atom stereocenters. The molecule has 0 spiro atoms. The molecule has 1 aliphatic heterocycles. The second-order valence-corrected chi connectivity index (χ2v) is 6.53. The average molecular weight is 386 g/mol. The number of hydrogen-bond donors (Lipinski definition) is 1. The zero-order chi connectivity index (χ0) is 19.0. The van der Waals surface area contributed by atoms with Crippen molar-refractivity contribution in [2.45, 2.75) is 0 Å². The molecule has 27 heavy (non-hydrogen) atoms. The van der Waals surface area contributed by atoms with Gasteiger partial charge in [-0.05, 0) is 24.3 Å². The van der Waals surface area contributed by atoms with Crippen molar-refractivity contribution in [1.82, 2.24) is 9.55 Å². The predicted octanol–water partition coefficient (Wildman–Crippen LogP) is 2.57. The van der Waals surface area contributed by atoms with Gasteiger partial charge in [0.05, 0.1) is 30.0 Å². The van der Waals surface area contributed by atoms with Crippen molar-refractivity contribution in [3.05, 3.63) is 63.5 Å². The minimum absolute atomic E-state index is 0.205. The lowest BCUT2D eigenvalue weighted by Crippen LogP contribution is -2.36. The van der Waals surface area contributed by atoms with E-state index in [0.29, 0.717) is 18.9 Å². The summed E-state index contributed by atoms with van der Waals surface area (Å²) in [6.07, 6.45) is 1.32. The number of rotatable bonds is 3. The van der Waals surface area contributed by atoms with Crippen molar-refractivity contribution in [2.24, 2.45) is 0 Å². The van der Waals surface area contributed by atoms with Crippen molar-refractivity contribution in [3.63, 3.8) is 0 Å².